The molecule has 162 valence electrons. The Bertz CT molecular complexity index is 816. The Balaban J connectivity index is 1.66. The Morgan fingerprint density at radius 3 is 2.50 bits per heavy atom. The van der Waals surface area contributed by atoms with Crippen LogP contribution in [0.5, 0.6) is 0 Å². The molecule has 0 atom stereocenters. The zero-order valence-electron chi connectivity index (χ0n) is 18.0. The number of piperidine rings is 1. The summed E-state index contributed by atoms with van der Waals surface area (Å²) in [6.45, 7) is 9.91. The molecule has 2 aliphatic rings. The van der Waals surface area contributed by atoms with Crippen molar-refractivity contribution >= 4 is 28.7 Å². The van der Waals surface area contributed by atoms with Gasteiger partial charge in [0.1, 0.15) is 5.82 Å². The van der Waals surface area contributed by atoms with E-state index in [1.165, 1.54) is 18.5 Å². The number of anilines is 2. The van der Waals surface area contributed by atoms with Gasteiger partial charge >= 0.3 is 0 Å². The summed E-state index contributed by atoms with van der Waals surface area (Å²) in [5.74, 6) is 0.542. The predicted molar refractivity (Wildman–Crippen MR) is 128 cm³/mol. The third kappa shape index (κ3) is 6.64. The van der Waals surface area contributed by atoms with Crippen molar-refractivity contribution in [3.63, 3.8) is 0 Å². The summed E-state index contributed by atoms with van der Waals surface area (Å²) < 4.78 is 0. The number of benzene rings is 1. The summed E-state index contributed by atoms with van der Waals surface area (Å²) >= 11 is 6.51. The first kappa shape index (κ1) is 22.4. The van der Waals surface area contributed by atoms with Crippen molar-refractivity contribution in [2.24, 2.45) is 4.99 Å². The van der Waals surface area contributed by atoms with Gasteiger partial charge in [0, 0.05) is 36.7 Å². The number of aliphatic hydroxyl groups is 1. The first-order valence-electron chi connectivity index (χ1n) is 10.8. The zero-order chi connectivity index (χ0) is 21.5. The fraction of sp³-hybridized carbons (Fsp3) is 0.458. The first-order chi connectivity index (χ1) is 14.5. The monoisotopic (exact) mass is 428 g/mol. The van der Waals surface area contributed by atoms with Crippen molar-refractivity contribution in [2.75, 3.05) is 23.3 Å². The molecule has 1 aliphatic carbocycles. The average Bonchev–Trinajstić information content (AvgIpc) is 3.56. The molecule has 1 saturated carbocycles. The molecule has 1 saturated heterocycles. The maximum atomic E-state index is 9.68. The molecule has 3 N–H and O–H groups in total. The number of hydrogen-bond donors (Lipinski definition) is 3. The Morgan fingerprint density at radius 2 is 1.90 bits per heavy atom. The van der Waals surface area contributed by atoms with Gasteiger partial charge < -0.3 is 20.6 Å². The van der Waals surface area contributed by atoms with Gasteiger partial charge in [-0.3, -0.25) is 0 Å². The quantitative estimate of drug-likeness (QED) is 0.475. The van der Waals surface area contributed by atoms with Crippen LogP contribution in [0.4, 0.5) is 11.4 Å². The smallest absolute Gasteiger partial charge is 0.123 e. The molecule has 1 aromatic carbocycles. The highest BCUT2D eigenvalue weighted by atomic mass is 35.5. The molecular formula is C24H33ClN4O. The molecule has 2 fully saturated rings. The van der Waals surface area contributed by atoms with Crippen molar-refractivity contribution in [2.45, 2.75) is 58.1 Å². The van der Waals surface area contributed by atoms with Gasteiger partial charge in [0.2, 0.25) is 0 Å². The van der Waals surface area contributed by atoms with E-state index in [4.69, 9.17) is 11.6 Å². The van der Waals surface area contributed by atoms with Gasteiger partial charge in [-0.2, -0.15) is 0 Å². The van der Waals surface area contributed by atoms with Crippen LogP contribution in [0, 0.1) is 0 Å². The van der Waals surface area contributed by atoms with E-state index >= 15 is 0 Å². The lowest BCUT2D eigenvalue weighted by molar-refractivity contribution is 0.145. The number of hydrogen-bond acceptors (Lipinski definition) is 5. The fourth-order valence-electron chi connectivity index (χ4n) is 3.38. The van der Waals surface area contributed by atoms with Crippen LogP contribution in [-0.4, -0.2) is 36.1 Å². The van der Waals surface area contributed by atoms with Crippen LogP contribution in [0.15, 0.2) is 64.5 Å². The molecular weight excluding hydrogens is 396 g/mol. The highest BCUT2D eigenvalue weighted by molar-refractivity contribution is 6.46. The van der Waals surface area contributed by atoms with E-state index in [1.54, 1.807) is 0 Å². The number of rotatable bonds is 9. The lowest BCUT2D eigenvalue weighted by Crippen LogP contribution is -2.35. The van der Waals surface area contributed by atoms with Gasteiger partial charge in [-0.25, -0.2) is 4.99 Å². The molecule has 0 spiro atoms. The van der Waals surface area contributed by atoms with E-state index in [1.807, 2.05) is 31.3 Å². The second-order valence-corrected chi connectivity index (χ2v) is 8.43. The minimum absolute atomic E-state index is 0.164. The van der Waals surface area contributed by atoms with Gasteiger partial charge in [-0.05, 0) is 68.9 Å². The van der Waals surface area contributed by atoms with E-state index in [9.17, 15) is 5.11 Å². The summed E-state index contributed by atoms with van der Waals surface area (Å²) in [5.41, 5.74) is 3.81. The highest BCUT2D eigenvalue weighted by Crippen LogP contribution is 2.24. The van der Waals surface area contributed by atoms with Crippen LogP contribution in [0.1, 0.15) is 46.0 Å². The van der Waals surface area contributed by atoms with Crippen molar-refractivity contribution < 1.29 is 5.11 Å². The van der Waals surface area contributed by atoms with Crippen LogP contribution in [0.25, 0.3) is 0 Å². The third-order valence-corrected chi connectivity index (χ3v) is 5.66. The van der Waals surface area contributed by atoms with Crippen LogP contribution in [-0.2, 0) is 0 Å². The lowest BCUT2D eigenvalue weighted by atomic mass is 10.1. The maximum absolute atomic E-state index is 9.68. The van der Waals surface area contributed by atoms with Crippen molar-refractivity contribution in [3.05, 3.63) is 59.5 Å². The summed E-state index contributed by atoms with van der Waals surface area (Å²) in [6, 6.07) is 8.82. The maximum Gasteiger partial charge on any atom is 0.123 e. The SMILES string of the molecule is C=C(/N=C(C(\C)=C\NC1CC1)/C(Cl)=C\CC)Nc1ccc(N2CCC(O)CC2)cc1. The van der Waals surface area contributed by atoms with E-state index in [0.717, 1.165) is 49.3 Å². The summed E-state index contributed by atoms with van der Waals surface area (Å²) in [7, 11) is 0. The van der Waals surface area contributed by atoms with Gasteiger partial charge in [0.05, 0.1) is 16.8 Å². The van der Waals surface area contributed by atoms with Gasteiger partial charge in [0.25, 0.3) is 0 Å². The van der Waals surface area contributed by atoms with Gasteiger partial charge in [-0.1, -0.05) is 31.2 Å². The lowest BCUT2D eigenvalue weighted by Gasteiger charge is -2.31. The normalized spacial score (nSPS) is 19.1. The minimum atomic E-state index is -0.164. The molecule has 1 aliphatic heterocycles. The van der Waals surface area contributed by atoms with E-state index in [2.05, 4.69) is 46.2 Å². The number of nitrogens with zero attached hydrogens (tertiary/aromatic N) is 2. The molecule has 5 nitrogen and oxygen atoms in total. The van der Waals surface area contributed by atoms with Crippen LogP contribution >= 0.6 is 11.6 Å². The Hall–Kier alpha value is -2.24. The molecule has 1 heterocycles. The zero-order valence-corrected chi connectivity index (χ0v) is 18.8. The molecule has 3 rings (SSSR count). The number of aliphatic imine (C=N–C) groups is 1. The van der Waals surface area contributed by atoms with E-state index in [0.29, 0.717) is 16.9 Å². The number of nitrogens with one attached hydrogen (secondary N) is 2. The van der Waals surface area contributed by atoms with Crippen molar-refractivity contribution in [1.29, 1.82) is 0 Å². The molecule has 0 unspecified atom stereocenters. The largest absolute Gasteiger partial charge is 0.393 e. The van der Waals surface area contributed by atoms with E-state index < -0.39 is 0 Å². The Labute approximate surface area is 185 Å². The van der Waals surface area contributed by atoms with Gasteiger partial charge in [-0.15, -0.1) is 0 Å². The molecule has 0 aromatic heterocycles. The minimum Gasteiger partial charge on any atom is -0.393 e. The number of allylic oxidation sites excluding steroid dienone is 3. The second-order valence-electron chi connectivity index (χ2n) is 8.03. The molecule has 30 heavy (non-hydrogen) atoms. The molecule has 0 bridgehead atoms. The van der Waals surface area contributed by atoms with Gasteiger partial charge in [0.15, 0.2) is 0 Å². The summed E-state index contributed by atoms with van der Waals surface area (Å²) in [4.78, 5) is 6.98. The molecule has 6 heteroatoms. The Kier molecular flexibility index (Phi) is 8.00. The van der Waals surface area contributed by atoms with E-state index in [-0.39, 0.29) is 6.10 Å². The first-order valence-corrected chi connectivity index (χ1v) is 11.2. The Morgan fingerprint density at radius 1 is 1.23 bits per heavy atom. The topological polar surface area (TPSA) is 59.9 Å². The van der Waals surface area contributed by atoms with Crippen LogP contribution < -0.4 is 15.5 Å². The van der Waals surface area contributed by atoms with Crippen LogP contribution in [0.3, 0.4) is 0 Å². The average molecular weight is 429 g/mol. The molecule has 0 amide bonds. The molecule has 0 radical (unpaired) electrons. The molecule has 1 aromatic rings. The summed E-state index contributed by atoms with van der Waals surface area (Å²) in [6.07, 6.45) is 8.73. The second kappa shape index (κ2) is 10.7. The highest BCUT2D eigenvalue weighted by Gasteiger charge is 2.20. The standard InChI is InChI=1S/C24H33ClN4O/c1-4-5-23(25)24(17(2)16-26-19-6-7-19)28-18(3)27-20-8-10-21(11-9-20)29-14-12-22(30)13-15-29/h5,8-11,16,19,22,26-27,30H,3-4,6-7,12-15H2,1-2H3/b17-16+,23-5+,28-24+. The van der Waals surface area contributed by atoms with Crippen LogP contribution in [0.2, 0.25) is 0 Å². The van der Waals surface area contributed by atoms with Crippen molar-refractivity contribution in [3.8, 4) is 0 Å². The fourth-order valence-corrected chi connectivity index (χ4v) is 3.72. The number of halogens is 1. The van der Waals surface area contributed by atoms with Crippen molar-refractivity contribution in [1.82, 2.24) is 5.32 Å². The summed E-state index contributed by atoms with van der Waals surface area (Å²) in [5, 5.41) is 17.0. The predicted octanol–water partition coefficient (Wildman–Crippen LogP) is 5.16. The number of aliphatic hydroxyl groups excluding tert-OH is 1. The third-order valence-electron chi connectivity index (χ3n) is 5.33.